The van der Waals surface area contributed by atoms with Crippen LogP contribution in [-0.2, 0) is 28.5 Å². The molecular weight excluding hydrogens is 420 g/mol. The average molecular weight is 444 g/mol. The van der Waals surface area contributed by atoms with Crippen LogP contribution in [0.15, 0.2) is 60.7 Å². The molecule has 0 aromatic heterocycles. The smallest absolute Gasteiger partial charge is 0.412 e. The van der Waals surface area contributed by atoms with Crippen LogP contribution in [0.1, 0.15) is 13.8 Å². The number of carbonyl (C=O) groups excluding carboxylic acids is 4. The summed E-state index contributed by atoms with van der Waals surface area (Å²) in [6.45, 7) is 2.93. The Morgan fingerprint density at radius 1 is 0.656 bits per heavy atom. The van der Waals surface area contributed by atoms with Gasteiger partial charge in [-0.05, 0) is 38.1 Å². The number of hydrogen-bond acceptors (Lipinski definition) is 8. The van der Waals surface area contributed by atoms with E-state index in [2.05, 4.69) is 10.6 Å². The normalized spacial score (nSPS) is 11.9. The van der Waals surface area contributed by atoms with Crippen LogP contribution in [-0.4, -0.2) is 49.5 Å². The van der Waals surface area contributed by atoms with Crippen LogP contribution in [0.4, 0.5) is 21.0 Å². The zero-order valence-electron chi connectivity index (χ0n) is 17.6. The van der Waals surface area contributed by atoms with Crippen molar-refractivity contribution in [2.24, 2.45) is 0 Å². The van der Waals surface area contributed by atoms with Crippen molar-refractivity contribution in [3.05, 3.63) is 60.7 Å². The van der Waals surface area contributed by atoms with Gasteiger partial charge in [-0.3, -0.25) is 10.6 Å². The minimum absolute atomic E-state index is 0.0647. The van der Waals surface area contributed by atoms with E-state index in [0.29, 0.717) is 11.4 Å². The maximum atomic E-state index is 12.5. The summed E-state index contributed by atoms with van der Waals surface area (Å²) in [5.41, 5.74) is 0.770. The van der Waals surface area contributed by atoms with Crippen molar-refractivity contribution in [2.45, 2.75) is 26.1 Å². The van der Waals surface area contributed by atoms with E-state index >= 15 is 0 Å². The SMILES string of the molecule is CCOC(=O)[C@@H](OC(=O)Nc1ccccc1)[C@H](OC(=O)Nc1ccccc1)C(=O)OCC. The molecule has 32 heavy (non-hydrogen) atoms. The second kappa shape index (κ2) is 12.6. The zero-order valence-corrected chi connectivity index (χ0v) is 17.6. The molecule has 10 nitrogen and oxygen atoms in total. The fraction of sp³-hybridized carbons (Fsp3) is 0.273. The predicted molar refractivity (Wildman–Crippen MR) is 114 cm³/mol. The van der Waals surface area contributed by atoms with Crippen molar-refractivity contribution in [3.8, 4) is 0 Å². The quantitative estimate of drug-likeness (QED) is 0.445. The highest BCUT2D eigenvalue weighted by Gasteiger charge is 2.42. The highest BCUT2D eigenvalue weighted by atomic mass is 16.6. The summed E-state index contributed by atoms with van der Waals surface area (Å²) in [4.78, 5) is 49.6. The number of nitrogens with one attached hydrogen (secondary N) is 2. The monoisotopic (exact) mass is 444 g/mol. The van der Waals surface area contributed by atoms with E-state index in [1.165, 1.54) is 13.8 Å². The number of esters is 2. The molecule has 0 saturated carbocycles. The Morgan fingerprint density at radius 2 is 1.00 bits per heavy atom. The number of para-hydroxylation sites is 2. The van der Waals surface area contributed by atoms with Crippen molar-refractivity contribution in [2.75, 3.05) is 23.8 Å². The lowest BCUT2D eigenvalue weighted by molar-refractivity contribution is -0.172. The van der Waals surface area contributed by atoms with Crippen LogP contribution in [0.3, 0.4) is 0 Å². The van der Waals surface area contributed by atoms with Gasteiger partial charge in [0.05, 0.1) is 13.2 Å². The molecule has 0 fully saturated rings. The fourth-order valence-corrected chi connectivity index (χ4v) is 2.48. The molecule has 2 aromatic carbocycles. The van der Waals surface area contributed by atoms with Gasteiger partial charge in [0.1, 0.15) is 0 Å². The van der Waals surface area contributed by atoms with Crippen LogP contribution < -0.4 is 10.6 Å². The second-order valence-electron chi connectivity index (χ2n) is 6.14. The van der Waals surface area contributed by atoms with E-state index in [-0.39, 0.29) is 13.2 Å². The number of hydrogen-bond donors (Lipinski definition) is 2. The molecule has 0 unspecified atom stereocenters. The van der Waals surface area contributed by atoms with Crippen molar-refractivity contribution in [1.82, 2.24) is 0 Å². The molecule has 2 N–H and O–H groups in total. The molecule has 2 atom stereocenters. The van der Waals surface area contributed by atoms with E-state index in [4.69, 9.17) is 18.9 Å². The first-order chi connectivity index (χ1) is 15.4. The van der Waals surface area contributed by atoms with Gasteiger partial charge in [-0.15, -0.1) is 0 Å². The number of rotatable bonds is 9. The van der Waals surface area contributed by atoms with Crippen LogP contribution in [0.25, 0.3) is 0 Å². The van der Waals surface area contributed by atoms with Gasteiger partial charge in [0.15, 0.2) is 0 Å². The number of amides is 2. The summed E-state index contributed by atoms with van der Waals surface area (Å²) < 4.78 is 20.0. The number of benzene rings is 2. The van der Waals surface area contributed by atoms with E-state index in [1.807, 2.05) is 0 Å². The van der Waals surface area contributed by atoms with Gasteiger partial charge in [0.25, 0.3) is 0 Å². The largest absolute Gasteiger partial charge is 0.463 e. The molecule has 2 amide bonds. The number of anilines is 2. The van der Waals surface area contributed by atoms with E-state index in [0.717, 1.165) is 0 Å². The van der Waals surface area contributed by atoms with Crippen molar-refractivity contribution >= 4 is 35.5 Å². The lowest BCUT2D eigenvalue weighted by Crippen LogP contribution is -2.48. The lowest BCUT2D eigenvalue weighted by atomic mass is 10.2. The second-order valence-corrected chi connectivity index (χ2v) is 6.14. The molecule has 0 radical (unpaired) electrons. The Kier molecular flexibility index (Phi) is 9.51. The van der Waals surface area contributed by atoms with Gasteiger partial charge < -0.3 is 18.9 Å². The van der Waals surface area contributed by atoms with Gasteiger partial charge in [0, 0.05) is 11.4 Å². The minimum Gasteiger partial charge on any atom is -0.463 e. The van der Waals surface area contributed by atoms with E-state index in [9.17, 15) is 19.2 Å². The molecule has 170 valence electrons. The van der Waals surface area contributed by atoms with Gasteiger partial charge in [-0.1, -0.05) is 36.4 Å². The highest BCUT2D eigenvalue weighted by molar-refractivity contribution is 5.93. The standard InChI is InChI=1S/C22H24N2O8/c1-3-29-19(25)17(31-21(27)23-15-11-7-5-8-12-15)18(20(26)30-4-2)32-22(28)24-16-13-9-6-10-14-16/h5-14,17-18H,3-4H2,1-2H3,(H,23,27)(H,24,28)/t17-,18-/m0/s1. The maximum absolute atomic E-state index is 12.5. The summed E-state index contributed by atoms with van der Waals surface area (Å²) in [5, 5.41) is 4.82. The third-order valence-electron chi connectivity index (χ3n) is 3.82. The summed E-state index contributed by atoms with van der Waals surface area (Å²) in [6.07, 6.45) is -5.93. The molecule has 2 aromatic rings. The Morgan fingerprint density at radius 3 is 1.31 bits per heavy atom. The highest BCUT2D eigenvalue weighted by Crippen LogP contribution is 2.14. The van der Waals surface area contributed by atoms with Gasteiger partial charge in [0.2, 0.25) is 12.2 Å². The molecule has 0 aliphatic carbocycles. The number of carbonyl (C=O) groups is 4. The van der Waals surface area contributed by atoms with Crippen LogP contribution >= 0.6 is 0 Å². The first-order valence-corrected chi connectivity index (χ1v) is 9.83. The Labute approximate surface area is 184 Å². The van der Waals surface area contributed by atoms with Gasteiger partial charge >= 0.3 is 24.1 Å². The molecule has 0 heterocycles. The summed E-state index contributed by atoms with van der Waals surface area (Å²) in [7, 11) is 0. The van der Waals surface area contributed by atoms with Crippen molar-refractivity contribution in [3.63, 3.8) is 0 Å². The maximum Gasteiger partial charge on any atom is 0.412 e. The predicted octanol–water partition coefficient (Wildman–Crippen LogP) is 3.35. The van der Waals surface area contributed by atoms with Gasteiger partial charge in [-0.25, -0.2) is 19.2 Å². The minimum atomic E-state index is -1.90. The third kappa shape index (κ3) is 7.63. The van der Waals surface area contributed by atoms with Crippen LogP contribution in [0.5, 0.6) is 0 Å². The molecule has 10 heteroatoms. The first-order valence-electron chi connectivity index (χ1n) is 9.83. The zero-order chi connectivity index (χ0) is 23.3. The number of ether oxygens (including phenoxy) is 4. The third-order valence-corrected chi connectivity index (χ3v) is 3.82. The van der Waals surface area contributed by atoms with Crippen molar-refractivity contribution < 1.29 is 38.1 Å². The molecule has 0 aliphatic heterocycles. The molecule has 2 rings (SSSR count). The van der Waals surface area contributed by atoms with Gasteiger partial charge in [-0.2, -0.15) is 0 Å². The van der Waals surface area contributed by atoms with Crippen LogP contribution in [0.2, 0.25) is 0 Å². The van der Waals surface area contributed by atoms with Crippen LogP contribution in [0, 0.1) is 0 Å². The Balaban J connectivity index is 2.21. The van der Waals surface area contributed by atoms with E-state index in [1.54, 1.807) is 60.7 Å². The topological polar surface area (TPSA) is 129 Å². The average Bonchev–Trinajstić information content (AvgIpc) is 2.77. The molecule has 0 spiro atoms. The summed E-state index contributed by atoms with van der Waals surface area (Å²) in [5.74, 6) is -2.16. The van der Waals surface area contributed by atoms with E-state index < -0.39 is 36.3 Å². The Bertz CT molecular complexity index is 829. The van der Waals surface area contributed by atoms with Crippen molar-refractivity contribution in [1.29, 1.82) is 0 Å². The molecule has 0 aliphatic rings. The lowest BCUT2D eigenvalue weighted by Gasteiger charge is -2.24. The summed E-state index contributed by atoms with van der Waals surface area (Å²) in [6, 6.07) is 16.6. The molecule has 0 bridgehead atoms. The summed E-state index contributed by atoms with van der Waals surface area (Å²) >= 11 is 0. The molecule has 0 saturated heterocycles. The Hall–Kier alpha value is -4.08. The first kappa shape index (κ1) is 24.2. The fourth-order valence-electron chi connectivity index (χ4n) is 2.48. The molecular formula is C22H24N2O8.